The van der Waals surface area contributed by atoms with Crippen LogP contribution < -0.4 is 4.74 Å². The van der Waals surface area contributed by atoms with E-state index in [0.29, 0.717) is 19.7 Å². The number of benzene rings is 2. The molecule has 3 aromatic rings. The van der Waals surface area contributed by atoms with Gasteiger partial charge in [0, 0.05) is 24.5 Å². The second-order valence-corrected chi connectivity index (χ2v) is 8.12. The zero-order valence-electron chi connectivity index (χ0n) is 18.7. The SMILES string of the molecule is CCOc1ccc(-n2c(-c3ccccc3)cc(C(=O)N3C[C@H](C)O[C@@H](C)C3)c2C)cc1. The molecule has 0 bridgehead atoms. The van der Waals surface area contributed by atoms with Gasteiger partial charge in [0.1, 0.15) is 5.75 Å². The van der Waals surface area contributed by atoms with Crippen LogP contribution in [-0.2, 0) is 4.74 Å². The predicted octanol–water partition coefficient (Wildman–Crippen LogP) is 5.10. The van der Waals surface area contributed by atoms with Gasteiger partial charge in [0.2, 0.25) is 0 Å². The highest BCUT2D eigenvalue weighted by Gasteiger charge is 2.29. The molecule has 0 spiro atoms. The van der Waals surface area contributed by atoms with Gasteiger partial charge < -0.3 is 18.9 Å². The minimum atomic E-state index is 0.0368. The number of hydrogen-bond acceptors (Lipinski definition) is 3. The molecule has 4 rings (SSSR count). The lowest BCUT2D eigenvalue weighted by Gasteiger charge is -2.35. The summed E-state index contributed by atoms with van der Waals surface area (Å²) in [5.41, 5.74) is 4.73. The van der Waals surface area contributed by atoms with Gasteiger partial charge in [-0.25, -0.2) is 0 Å². The van der Waals surface area contributed by atoms with Crippen molar-refractivity contribution in [2.75, 3.05) is 19.7 Å². The molecular formula is C26H30N2O3. The van der Waals surface area contributed by atoms with E-state index in [1.165, 1.54) is 0 Å². The van der Waals surface area contributed by atoms with Crippen LogP contribution in [0.1, 0.15) is 36.8 Å². The fourth-order valence-electron chi connectivity index (χ4n) is 4.35. The largest absolute Gasteiger partial charge is 0.494 e. The number of amides is 1. The first kappa shape index (κ1) is 21.2. The maximum atomic E-state index is 13.5. The molecule has 0 aliphatic carbocycles. The van der Waals surface area contributed by atoms with Crippen LogP contribution >= 0.6 is 0 Å². The molecule has 1 fully saturated rings. The van der Waals surface area contributed by atoms with Crippen molar-refractivity contribution in [1.29, 1.82) is 0 Å². The minimum absolute atomic E-state index is 0.0368. The van der Waals surface area contributed by atoms with Crippen molar-refractivity contribution in [3.8, 4) is 22.7 Å². The Morgan fingerprint density at radius 3 is 2.29 bits per heavy atom. The van der Waals surface area contributed by atoms with Crippen LogP contribution in [0.4, 0.5) is 0 Å². The Morgan fingerprint density at radius 1 is 1.03 bits per heavy atom. The lowest BCUT2D eigenvalue weighted by atomic mass is 10.1. The molecule has 162 valence electrons. The van der Waals surface area contributed by atoms with Gasteiger partial charge in [-0.05, 0) is 63.6 Å². The van der Waals surface area contributed by atoms with Gasteiger partial charge in [0.25, 0.3) is 5.91 Å². The van der Waals surface area contributed by atoms with Gasteiger partial charge in [-0.3, -0.25) is 4.79 Å². The van der Waals surface area contributed by atoms with Gasteiger partial charge in [-0.2, -0.15) is 0 Å². The lowest BCUT2D eigenvalue weighted by Crippen LogP contribution is -2.48. The molecule has 1 aliphatic heterocycles. The first-order valence-corrected chi connectivity index (χ1v) is 10.9. The molecule has 0 radical (unpaired) electrons. The summed E-state index contributed by atoms with van der Waals surface area (Å²) in [6, 6.07) is 20.2. The van der Waals surface area contributed by atoms with E-state index in [9.17, 15) is 4.79 Å². The van der Waals surface area contributed by atoms with Crippen molar-refractivity contribution in [1.82, 2.24) is 9.47 Å². The molecule has 1 amide bonds. The third-order valence-electron chi connectivity index (χ3n) is 5.66. The highest BCUT2D eigenvalue weighted by atomic mass is 16.5. The molecule has 31 heavy (non-hydrogen) atoms. The quantitative estimate of drug-likeness (QED) is 0.579. The molecule has 1 saturated heterocycles. The van der Waals surface area contributed by atoms with Crippen LogP contribution in [0, 0.1) is 6.92 Å². The molecule has 2 atom stereocenters. The number of carbonyl (C=O) groups excluding carboxylic acids is 1. The van der Waals surface area contributed by atoms with Crippen LogP contribution in [0.15, 0.2) is 60.7 Å². The maximum absolute atomic E-state index is 13.5. The molecule has 5 nitrogen and oxygen atoms in total. The van der Waals surface area contributed by atoms with Crippen molar-refractivity contribution in [2.24, 2.45) is 0 Å². The number of nitrogens with zero attached hydrogens (tertiary/aromatic N) is 2. The number of ether oxygens (including phenoxy) is 2. The van der Waals surface area contributed by atoms with Gasteiger partial charge >= 0.3 is 0 Å². The van der Waals surface area contributed by atoms with Crippen molar-refractivity contribution < 1.29 is 14.3 Å². The number of aromatic nitrogens is 1. The summed E-state index contributed by atoms with van der Waals surface area (Å²) < 4.78 is 13.6. The lowest BCUT2D eigenvalue weighted by molar-refractivity contribution is -0.0586. The zero-order valence-corrected chi connectivity index (χ0v) is 18.7. The van der Waals surface area contributed by atoms with Crippen molar-refractivity contribution in [2.45, 2.75) is 39.9 Å². The summed E-state index contributed by atoms with van der Waals surface area (Å²) in [6.07, 6.45) is 0.0737. The zero-order chi connectivity index (χ0) is 22.0. The van der Waals surface area contributed by atoms with Crippen LogP contribution in [0.2, 0.25) is 0 Å². The average Bonchev–Trinajstić information content (AvgIpc) is 3.11. The van der Waals surface area contributed by atoms with Crippen molar-refractivity contribution in [3.05, 3.63) is 71.9 Å². The normalized spacial score (nSPS) is 18.8. The first-order valence-electron chi connectivity index (χ1n) is 10.9. The molecule has 0 N–H and O–H groups in total. The van der Waals surface area contributed by atoms with Crippen LogP contribution in [-0.4, -0.2) is 47.3 Å². The van der Waals surface area contributed by atoms with E-state index in [4.69, 9.17) is 9.47 Å². The average molecular weight is 419 g/mol. The van der Waals surface area contributed by atoms with Gasteiger partial charge in [0.05, 0.1) is 30.1 Å². The Labute approximate surface area is 184 Å². The number of hydrogen-bond donors (Lipinski definition) is 0. The molecule has 5 heteroatoms. The van der Waals surface area contributed by atoms with Crippen LogP contribution in [0.25, 0.3) is 16.9 Å². The highest BCUT2D eigenvalue weighted by molar-refractivity contribution is 5.97. The fourth-order valence-corrected chi connectivity index (χ4v) is 4.35. The van der Waals surface area contributed by atoms with E-state index in [2.05, 4.69) is 16.7 Å². The van der Waals surface area contributed by atoms with Gasteiger partial charge in [0.15, 0.2) is 0 Å². The van der Waals surface area contributed by atoms with Crippen LogP contribution in [0.3, 0.4) is 0 Å². The third kappa shape index (κ3) is 4.37. The molecule has 1 aliphatic rings. The third-order valence-corrected chi connectivity index (χ3v) is 5.66. The summed E-state index contributed by atoms with van der Waals surface area (Å²) in [5, 5.41) is 0. The second kappa shape index (κ2) is 8.98. The first-order chi connectivity index (χ1) is 15.0. The van der Waals surface area contributed by atoms with E-state index in [-0.39, 0.29) is 18.1 Å². The summed E-state index contributed by atoms with van der Waals surface area (Å²) in [4.78, 5) is 15.4. The van der Waals surface area contributed by atoms with E-state index in [1.54, 1.807) is 0 Å². The monoisotopic (exact) mass is 418 g/mol. The fraction of sp³-hybridized carbons (Fsp3) is 0.346. The Balaban J connectivity index is 1.78. The van der Waals surface area contributed by atoms with E-state index >= 15 is 0 Å². The van der Waals surface area contributed by atoms with E-state index in [0.717, 1.165) is 34.0 Å². The molecule has 1 aromatic heterocycles. The summed E-state index contributed by atoms with van der Waals surface area (Å²) in [6.45, 7) is 9.88. The summed E-state index contributed by atoms with van der Waals surface area (Å²) >= 11 is 0. The van der Waals surface area contributed by atoms with Crippen molar-refractivity contribution in [3.63, 3.8) is 0 Å². The molecule has 2 heterocycles. The molecule has 2 aromatic carbocycles. The molecule has 0 saturated carbocycles. The molecule has 0 unspecified atom stereocenters. The number of morpholine rings is 1. The topological polar surface area (TPSA) is 43.7 Å². The Hall–Kier alpha value is -3.05. The number of carbonyl (C=O) groups is 1. The summed E-state index contributed by atoms with van der Waals surface area (Å²) in [7, 11) is 0. The Bertz CT molecular complexity index is 1030. The standard InChI is InChI=1S/C26H30N2O3/c1-5-30-23-13-11-22(12-14-23)28-20(4)24(15-25(28)21-9-7-6-8-10-21)26(29)27-16-18(2)31-19(3)17-27/h6-15,18-19H,5,16-17H2,1-4H3/t18-,19-/m0/s1. The van der Waals surface area contributed by atoms with E-state index < -0.39 is 0 Å². The summed E-state index contributed by atoms with van der Waals surface area (Å²) in [5.74, 6) is 0.895. The molecular weight excluding hydrogens is 388 g/mol. The maximum Gasteiger partial charge on any atom is 0.255 e. The van der Waals surface area contributed by atoms with E-state index in [1.807, 2.05) is 81.1 Å². The smallest absolute Gasteiger partial charge is 0.255 e. The van der Waals surface area contributed by atoms with Gasteiger partial charge in [-0.15, -0.1) is 0 Å². The van der Waals surface area contributed by atoms with Gasteiger partial charge in [-0.1, -0.05) is 30.3 Å². The Morgan fingerprint density at radius 2 is 1.68 bits per heavy atom. The predicted molar refractivity (Wildman–Crippen MR) is 123 cm³/mol. The Kier molecular flexibility index (Phi) is 6.14. The minimum Gasteiger partial charge on any atom is -0.494 e. The number of rotatable bonds is 5. The second-order valence-electron chi connectivity index (χ2n) is 8.12. The van der Waals surface area contributed by atoms with Crippen molar-refractivity contribution >= 4 is 5.91 Å². The van der Waals surface area contributed by atoms with Crippen LogP contribution in [0.5, 0.6) is 5.75 Å². The highest BCUT2D eigenvalue weighted by Crippen LogP contribution is 2.31.